The van der Waals surface area contributed by atoms with E-state index >= 15 is 0 Å². The minimum absolute atomic E-state index is 0.164. The summed E-state index contributed by atoms with van der Waals surface area (Å²) in [5, 5.41) is 0.164. The number of halogens is 1. The monoisotopic (exact) mass is 268 g/mol. The average Bonchev–Trinajstić information content (AvgIpc) is 2.09. The summed E-state index contributed by atoms with van der Waals surface area (Å²) in [5.74, 6) is 0.735. The van der Waals surface area contributed by atoms with Gasteiger partial charge >= 0.3 is 0 Å². The number of unbranched alkanes of at least 4 members (excludes halogenated alkanes) is 1. The molecule has 0 fully saturated rings. The van der Waals surface area contributed by atoms with Gasteiger partial charge in [-0.3, -0.25) is 0 Å². The minimum Gasteiger partial charge on any atom is -0.228 e. The van der Waals surface area contributed by atoms with E-state index in [0.717, 1.165) is 19.3 Å². The lowest BCUT2D eigenvalue weighted by Gasteiger charge is -2.19. The van der Waals surface area contributed by atoms with Crippen molar-refractivity contribution in [3.63, 3.8) is 0 Å². The van der Waals surface area contributed by atoms with Crippen molar-refractivity contribution in [2.24, 2.45) is 5.92 Å². The van der Waals surface area contributed by atoms with E-state index in [9.17, 15) is 8.42 Å². The van der Waals surface area contributed by atoms with Crippen LogP contribution in [0.2, 0.25) is 0 Å². The number of hydrogen-bond acceptors (Lipinski definition) is 2. The van der Waals surface area contributed by atoms with Crippen LogP contribution in [-0.2, 0) is 9.84 Å². The van der Waals surface area contributed by atoms with Crippen LogP contribution in [0, 0.1) is 5.92 Å². The summed E-state index contributed by atoms with van der Waals surface area (Å²) in [4.78, 5) is 0. The van der Waals surface area contributed by atoms with Crippen LogP contribution in [0.3, 0.4) is 0 Å². The van der Waals surface area contributed by atoms with E-state index in [1.54, 1.807) is 20.8 Å². The Morgan fingerprint density at radius 2 is 1.62 bits per heavy atom. The standard InChI is InChI=1S/C12H25ClO2S/c1-10(2)11(13)8-6-7-9-16(14,15)12(3,4)5/h10-11H,6-9H2,1-5H3. The molecular weight excluding hydrogens is 244 g/mol. The normalized spacial score (nSPS) is 15.4. The van der Waals surface area contributed by atoms with Gasteiger partial charge in [-0.25, -0.2) is 8.42 Å². The van der Waals surface area contributed by atoms with Crippen LogP contribution in [0.15, 0.2) is 0 Å². The summed E-state index contributed by atoms with van der Waals surface area (Å²) >= 11 is 6.11. The van der Waals surface area contributed by atoms with E-state index < -0.39 is 14.6 Å². The second-order valence-corrected chi connectivity index (χ2v) is 9.11. The highest BCUT2D eigenvalue weighted by Gasteiger charge is 2.28. The molecule has 98 valence electrons. The SMILES string of the molecule is CC(C)C(Cl)CCCCS(=O)(=O)C(C)(C)C. The van der Waals surface area contributed by atoms with Crippen LogP contribution in [0.25, 0.3) is 0 Å². The molecule has 1 atom stereocenters. The predicted octanol–water partition coefficient (Wildman–Crippen LogP) is 3.63. The van der Waals surface area contributed by atoms with E-state index in [4.69, 9.17) is 11.6 Å². The van der Waals surface area contributed by atoms with Crippen molar-refractivity contribution in [2.75, 3.05) is 5.75 Å². The van der Waals surface area contributed by atoms with E-state index in [2.05, 4.69) is 13.8 Å². The molecule has 0 saturated heterocycles. The number of sulfone groups is 1. The van der Waals surface area contributed by atoms with Gasteiger partial charge in [-0.2, -0.15) is 0 Å². The smallest absolute Gasteiger partial charge is 0.155 e. The Hall–Kier alpha value is 0.240. The molecule has 0 heterocycles. The minimum atomic E-state index is -2.96. The van der Waals surface area contributed by atoms with Crippen LogP contribution >= 0.6 is 11.6 Å². The van der Waals surface area contributed by atoms with Gasteiger partial charge < -0.3 is 0 Å². The largest absolute Gasteiger partial charge is 0.228 e. The molecule has 0 radical (unpaired) electrons. The molecule has 0 N–H and O–H groups in total. The molecule has 0 aromatic heterocycles. The first kappa shape index (κ1) is 16.2. The predicted molar refractivity (Wildman–Crippen MR) is 71.9 cm³/mol. The Morgan fingerprint density at radius 3 is 2.00 bits per heavy atom. The number of hydrogen-bond donors (Lipinski definition) is 0. The third-order valence-electron chi connectivity index (χ3n) is 2.80. The third-order valence-corrected chi connectivity index (χ3v) is 6.21. The van der Waals surface area contributed by atoms with E-state index in [1.807, 2.05) is 0 Å². The molecule has 0 aliphatic rings. The van der Waals surface area contributed by atoms with Gasteiger partial charge in [0.25, 0.3) is 0 Å². The van der Waals surface area contributed by atoms with Crippen LogP contribution in [0.5, 0.6) is 0 Å². The topological polar surface area (TPSA) is 34.1 Å². The molecule has 0 aromatic carbocycles. The van der Waals surface area contributed by atoms with E-state index in [-0.39, 0.29) is 11.1 Å². The fourth-order valence-corrected chi connectivity index (χ4v) is 2.62. The van der Waals surface area contributed by atoms with Crippen LogP contribution in [0.1, 0.15) is 53.9 Å². The zero-order valence-electron chi connectivity index (χ0n) is 11.1. The van der Waals surface area contributed by atoms with Gasteiger partial charge in [0, 0.05) is 5.38 Å². The van der Waals surface area contributed by atoms with E-state index in [1.165, 1.54) is 0 Å². The molecule has 1 unspecified atom stereocenters. The molecule has 4 heteroatoms. The van der Waals surface area contributed by atoms with Crippen molar-refractivity contribution in [3.8, 4) is 0 Å². The Bertz CT molecular complexity index is 289. The summed E-state index contributed by atoms with van der Waals surface area (Å²) in [6, 6.07) is 0. The third kappa shape index (κ3) is 5.53. The second-order valence-electron chi connectivity index (χ2n) is 5.69. The molecule has 0 saturated carbocycles. The van der Waals surface area contributed by atoms with Crippen molar-refractivity contribution in [1.29, 1.82) is 0 Å². The molecule has 16 heavy (non-hydrogen) atoms. The zero-order valence-corrected chi connectivity index (χ0v) is 12.7. The molecule has 0 amide bonds. The lowest BCUT2D eigenvalue weighted by Crippen LogP contribution is -2.30. The highest BCUT2D eigenvalue weighted by Crippen LogP contribution is 2.20. The van der Waals surface area contributed by atoms with Gasteiger partial charge in [0.2, 0.25) is 0 Å². The van der Waals surface area contributed by atoms with E-state index in [0.29, 0.717) is 5.92 Å². The first-order valence-corrected chi connectivity index (χ1v) is 8.03. The summed E-state index contributed by atoms with van der Waals surface area (Å²) in [7, 11) is -2.96. The van der Waals surface area contributed by atoms with Gasteiger partial charge in [-0.1, -0.05) is 20.3 Å². The molecule has 0 aliphatic heterocycles. The van der Waals surface area contributed by atoms with Crippen LogP contribution in [-0.4, -0.2) is 24.3 Å². The first-order valence-electron chi connectivity index (χ1n) is 5.94. The quantitative estimate of drug-likeness (QED) is 0.545. The first-order chi connectivity index (χ1) is 7.08. The molecule has 0 aliphatic carbocycles. The molecule has 0 spiro atoms. The Balaban J connectivity index is 3.93. The van der Waals surface area contributed by atoms with Crippen LogP contribution < -0.4 is 0 Å². The highest BCUT2D eigenvalue weighted by molar-refractivity contribution is 7.92. The van der Waals surface area contributed by atoms with Gasteiger partial charge in [-0.05, 0) is 39.5 Å². The maximum absolute atomic E-state index is 11.8. The van der Waals surface area contributed by atoms with Crippen LogP contribution in [0.4, 0.5) is 0 Å². The Morgan fingerprint density at radius 1 is 1.12 bits per heavy atom. The summed E-state index contributed by atoms with van der Waals surface area (Å²) in [6.45, 7) is 9.43. The van der Waals surface area contributed by atoms with Crippen molar-refractivity contribution < 1.29 is 8.42 Å². The molecule has 0 rings (SSSR count). The van der Waals surface area contributed by atoms with Crippen molar-refractivity contribution in [1.82, 2.24) is 0 Å². The zero-order chi connectivity index (χ0) is 13.0. The summed E-state index contributed by atoms with van der Waals surface area (Å²) in [5.41, 5.74) is 0. The fraction of sp³-hybridized carbons (Fsp3) is 1.00. The molecule has 0 aromatic rings. The second kappa shape index (κ2) is 6.25. The van der Waals surface area contributed by atoms with Gasteiger partial charge in [-0.15, -0.1) is 11.6 Å². The molecular formula is C12H25ClO2S. The lowest BCUT2D eigenvalue weighted by molar-refractivity contribution is 0.533. The van der Waals surface area contributed by atoms with Gasteiger partial charge in [0.05, 0.1) is 10.5 Å². The average molecular weight is 269 g/mol. The molecule has 2 nitrogen and oxygen atoms in total. The maximum Gasteiger partial charge on any atom is 0.155 e. The van der Waals surface area contributed by atoms with Crippen molar-refractivity contribution in [3.05, 3.63) is 0 Å². The lowest BCUT2D eigenvalue weighted by atomic mass is 10.1. The number of rotatable bonds is 6. The van der Waals surface area contributed by atoms with Crippen molar-refractivity contribution >= 4 is 21.4 Å². The summed E-state index contributed by atoms with van der Waals surface area (Å²) < 4.78 is 23.0. The number of alkyl halides is 1. The van der Waals surface area contributed by atoms with Gasteiger partial charge in [0.1, 0.15) is 0 Å². The highest BCUT2D eigenvalue weighted by atomic mass is 35.5. The Kier molecular flexibility index (Phi) is 6.34. The maximum atomic E-state index is 11.8. The van der Waals surface area contributed by atoms with Crippen molar-refractivity contribution in [2.45, 2.75) is 64.0 Å². The summed E-state index contributed by atoms with van der Waals surface area (Å²) in [6.07, 6.45) is 2.51. The fourth-order valence-electron chi connectivity index (χ4n) is 1.27. The Labute approximate surface area is 106 Å². The van der Waals surface area contributed by atoms with Gasteiger partial charge in [0.15, 0.2) is 9.84 Å². The molecule has 0 bridgehead atoms.